The molecule has 4 rings (SSSR count). The van der Waals surface area contributed by atoms with Gasteiger partial charge in [-0.25, -0.2) is 4.98 Å². The van der Waals surface area contributed by atoms with Crippen LogP contribution in [0.3, 0.4) is 0 Å². The summed E-state index contributed by atoms with van der Waals surface area (Å²) in [5.74, 6) is 0.629. The van der Waals surface area contributed by atoms with Gasteiger partial charge >= 0.3 is 0 Å². The molecule has 0 saturated carbocycles. The lowest BCUT2D eigenvalue weighted by Crippen LogP contribution is -2.13. The summed E-state index contributed by atoms with van der Waals surface area (Å²) in [7, 11) is 1.84. The molecule has 0 atom stereocenters. The molecule has 3 aromatic carbocycles. The van der Waals surface area contributed by atoms with E-state index in [4.69, 9.17) is 32.7 Å². The second kappa shape index (κ2) is 12.0. The minimum atomic E-state index is -0.318. The number of ether oxygens (including phenoxy) is 2. The Bertz CT molecular complexity index is 1240. The van der Waals surface area contributed by atoms with Crippen molar-refractivity contribution in [3.05, 3.63) is 105 Å². The molecule has 0 fully saturated rings. The average Bonchev–Trinajstić information content (AvgIpc) is 3.30. The zero-order valence-corrected chi connectivity index (χ0v) is 21.2. The monoisotopic (exact) mass is 527 g/mol. The zero-order chi connectivity index (χ0) is 24.6. The molecule has 0 saturated heterocycles. The molecule has 0 aliphatic rings. The predicted molar refractivity (Wildman–Crippen MR) is 141 cm³/mol. The van der Waals surface area contributed by atoms with Crippen LogP contribution in [0, 0.1) is 0 Å². The molecular formula is C26H23Cl2N3O3S. The maximum Gasteiger partial charge on any atom is 0.257 e. The summed E-state index contributed by atoms with van der Waals surface area (Å²) in [6.07, 6.45) is 0. The van der Waals surface area contributed by atoms with Crippen molar-refractivity contribution in [2.45, 2.75) is 19.8 Å². The smallest absolute Gasteiger partial charge is 0.257 e. The van der Waals surface area contributed by atoms with Gasteiger partial charge in [-0.1, -0.05) is 59.6 Å². The van der Waals surface area contributed by atoms with Crippen LogP contribution in [-0.4, -0.2) is 17.9 Å². The quantitative estimate of drug-likeness (QED) is 0.243. The summed E-state index contributed by atoms with van der Waals surface area (Å²) in [5.41, 5.74) is 2.90. The van der Waals surface area contributed by atoms with Crippen molar-refractivity contribution in [3.63, 3.8) is 0 Å². The van der Waals surface area contributed by atoms with Crippen molar-refractivity contribution >= 4 is 45.6 Å². The van der Waals surface area contributed by atoms with Crippen LogP contribution in [0.5, 0.6) is 11.5 Å². The van der Waals surface area contributed by atoms with Gasteiger partial charge in [0.05, 0.1) is 5.69 Å². The minimum absolute atomic E-state index is 0.245. The maximum absolute atomic E-state index is 13.0. The summed E-state index contributed by atoms with van der Waals surface area (Å²) >= 11 is 13.9. The molecule has 6 nitrogen and oxygen atoms in total. The van der Waals surface area contributed by atoms with Crippen LogP contribution in [0.1, 0.15) is 27.2 Å². The number of thiazole rings is 1. The number of halogens is 2. The second-order valence-electron chi connectivity index (χ2n) is 7.58. The minimum Gasteiger partial charge on any atom is -0.489 e. The number of hydrogen-bond acceptors (Lipinski definition) is 6. The van der Waals surface area contributed by atoms with Gasteiger partial charge in [0.15, 0.2) is 5.13 Å². The number of benzene rings is 3. The number of anilines is 1. The van der Waals surface area contributed by atoms with Crippen molar-refractivity contribution in [2.24, 2.45) is 0 Å². The van der Waals surface area contributed by atoms with Crippen LogP contribution < -0.4 is 20.1 Å². The highest BCUT2D eigenvalue weighted by Crippen LogP contribution is 2.28. The van der Waals surface area contributed by atoms with Crippen LogP contribution in [0.2, 0.25) is 10.0 Å². The SMILES string of the molecule is CNCc1csc(NC(=O)c2cc(OCc3ccccc3Cl)cc(OCc3ccccc3Cl)c2)n1. The van der Waals surface area contributed by atoms with Gasteiger partial charge in [0.2, 0.25) is 0 Å². The molecule has 4 aromatic rings. The van der Waals surface area contributed by atoms with E-state index in [0.29, 0.717) is 38.8 Å². The lowest BCUT2D eigenvalue weighted by atomic mass is 10.2. The van der Waals surface area contributed by atoms with E-state index in [0.717, 1.165) is 16.8 Å². The molecule has 35 heavy (non-hydrogen) atoms. The number of nitrogens with zero attached hydrogens (tertiary/aromatic N) is 1. The molecule has 0 unspecified atom stereocenters. The Kier molecular flexibility index (Phi) is 8.60. The van der Waals surface area contributed by atoms with E-state index >= 15 is 0 Å². The fourth-order valence-electron chi connectivity index (χ4n) is 3.22. The average molecular weight is 528 g/mol. The first-order chi connectivity index (χ1) is 17.0. The third-order valence-electron chi connectivity index (χ3n) is 4.98. The first kappa shape index (κ1) is 25.0. The topological polar surface area (TPSA) is 72.5 Å². The van der Waals surface area contributed by atoms with E-state index in [1.54, 1.807) is 30.3 Å². The Labute approximate surface area is 217 Å². The number of carbonyl (C=O) groups is 1. The van der Waals surface area contributed by atoms with Gasteiger partial charge in [-0.15, -0.1) is 11.3 Å². The molecular weight excluding hydrogens is 505 g/mol. The van der Waals surface area contributed by atoms with Crippen molar-refractivity contribution in [1.82, 2.24) is 10.3 Å². The highest BCUT2D eigenvalue weighted by molar-refractivity contribution is 7.14. The third kappa shape index (κ3) is 6.96. The zero-order valence-electron chi connectivity index (χ0n) is 18.9. The molecule has 180 valence electrons. The Morgan fingerprint density at radius 3 is 2.03 bits per heavy atom. The van der Waals surface area contributed by atoms with Crippen molar-refractivity contribution < 1.29 is 14.3 Å². The Balaban J connectivity index is 1.55. The summed E-state index contributed by atoms with van der Waals surface area (Å²) in [6.45, 7) is 1.11. The first-order valence-electron chi connectivity index (χ1n) is 10.8. The van der Waals surface area contributed by atoms with Crippen molar-refractivity contribution in [2.75, 3.05) is 12.4 Å². The van der Waals surface area contributed by atoms with Crippen molar-refractivity contribution in [1.29, 1.82) is 0 Å². The van der Waals surface area contributed by atoms with Crippen LogP contribution in [0.4, 0.5) is 5.13 Å². The summed E-state index contributed by atoms with van der Waals surface area (Å²) in [4.78, 5) is 17.4. The summed E-state index contributed by atoms with van der Waals surface area (Å²) in [6, 6.07) is 19.9. The normalized spacial score (nSPS) is 10.7. The number of hydrogen-bond donors (Lipinski definition) is 2. The van der Waals surface area contributed by atoms with E-state index in [9.17, 15) is 4.79 Å². The Hall–Kier alpha value is -3.10. The lowest BCUT2D eigenvalue weighted by Gasteiger charge is -2.13. The Morgan fingerprint density at radius 1 is 0.914 bits per heavy atom. The third-order valence-corrected chi connectivity index (χ3v) is 6.52. The van der Waals surface area contributed by atoms with E-state index in [-0.39, 0.29) is 19.1 Å². The first-order valence-corrected chi connectivity index (χ1v) is 12.4. The summed E-state index contributed by atoms with van der Waals surface area (Å²) < 4.78 is 11.9. The largest absolute Gasteiger partial charge is 0.489 e. The van der Waals surface area contributed by atoms with Gasteiger partial charge in [-0.3, -0.25) is 10.1 Å². The van der Waals surface area contributed by atoms with E-state index in [1.807, 2.05) is 48.8 Å². The van der Waals surface area contributed by atoms with Gasteiger partial charge in [-0.2, -0.15) is 0 Å². The molecule has 9 heteroatoms. The molecule has 0 bridgehead atoms. The number of amides is 1. The predicted octanol–water partition coefficient (Wildman–Crippen LogP) is 6.58. The summed E-state index contributed by atoms with van der Waals surface area (Å²) in [5, 5.41) is 9.51. The fraction of sp³-hybridized carbons (Fsp3) is 0.154. The molecule has 1 heterocycles. The van der Waals surface area contributed by atoms with Crippen LogP contribution in [-0.2, 0) is 19.8 Å². The molecule has 0 aliphatic heterocycles. The van der Waals surface area contributed by atoms with Crippen molar-refractivity contribution in [3.8, 4) is 11.5 Å². The van der Waals surface area contributed by atoms with E-state index in [2.05, 4.69) is 15.6 Å². The van der Waals surface area contributed by atoms with E-state index in [1.165, 1.54) is 11.3 Å². The van der Waals surface area contributed by atoms with Gasteiger partial charge in [-0.05, 0) is 31.3 Å². The molecule has 2 N–H and O–H groups in total. The highest BCUT2D eigenvalue weighted by Gasteiger charge is 2.14. The van der Waals surface area contributed by atoms with Gasteiger partial charge in [0.25, 0.3) is 5.91 Å². The standard InChI is InChI=1S/C26H23Cl2N3O3S/c1-29-13-20-16-35-26(30-20)31-25(32)19-10-21(33-14-17-6-2-4-8-23(17)27)12-22(11-19)34-15-18-7-3-5-9-24(18)28/h2-12,16,29H,13-15H2,1H3,(H,30,31,32). The van der Waals surface area contributed by atoms with Crippen LogP contribution >= 0.6 is 34.5 Å². The van der Waals surface area contributed by atoms with Gasteiger partial charge in [0, 0.05) is 44.7 Å². The maximum atomic E-state index is 13.0. The number of nitrogens with one attached hydrogen (secondary N) is 2. The molecule has 0 aliphatic carbocycles. The van der Waals surface area contributed by atoms with Crippen LogP contribution in [0.15, 0.2) is 72.1 Å². The number of rotatable bonds is 10. The lowest BCUT2D eigenvalue weighted by molar-refractivity contribution is 0.102. The Morgan fingerprint density at radius 2 is 1.49 bits per heavy atom. The highest BCUT2D eigenvalue weighted by atomic mass is 35.5. The molecule has 1 amide bonds. The van der Waals surface area contributed by atoms with Gasteiger partial charge < -0.3 is 14.8 Å². The van der Waals surface area contributed by atoms with E-state index < -0.39 is 0 Å². The number of aromatic nitrogens is 1. The van der Waals surface area contributed by atoms with Crippen LogP contribution in [0.25, 0.3) is 0 Å². The fourth-order valence-corrected chi connectivity index (χ4v) is 4.30. The molecule has 1 aromatic heterocycles. The number of carbonyl (C=O) groups excluding carboxylic acids is 1. The second-order valence-corrected chi connectivity index (χ2v) is 9.25. The van der Waals surface area contributed by atoms with Gasteiger partial charge in [0.1, 0.15) is 24.7 Å². The molecule has 0 spiro atoms. The molecule has 0 radical (unpaired) electrons.